The maximum absolute atomic E-state index is 13.0. The van der Waals surface area contributed by atoms with Gasteiger partial charge in [0.25, 0.3) is 0 Å². The molecule has 0 saturated carbocycles. The van der Waals surface area contributed by atoms with Crippen LogP contribution in [-0.4, -0.2) is 40.4 Å². The van der Waals surface area contributed by atoms with Gasteiger partial charge in [0.2, 0.25) is 5.91 Å². The van der Waals surface area contributed by atoms with Crippen LogP contribution in [0.1, 0.15) is 35.5 Å². The Labute approximate surface area is 167 Å². The summed E-state index contributed by atoms with van der Waals surface area (Å²) in [5, 5.41) is 0. The fourth-order valence-electron chi connectivity index (χ4n) is 4.16. The zero-order chi connectivity index (χ0) is 20.6. The van der Waals surface area contributed by atoms with Crippen LogP contribution in [-0.2, 0) is 23.9 Å². The van der Waals surface area contributed by atoms with Gasteiger partial charge in [0.1, 0.15) is 17.3 Å². The molecule has 4 rings (SSSR count). The number of anilines is 1. The summed E-state index contributed by atoms with van der Waals surface area (Å²) in [5.41, 5.74) is 1.57. The molecule has 1 amide bonds. The van der Waals surface area contributed by atoms with Crippen molar-refractivity contribution >= 4 is 11.7 Å². The summed E-state index contributed by atoms with van der Waals surface area (Å²) >= 11 is 0. The van der Waals surface area contributed by atoms with Crippen LogP contribution >= 0.6 is 0 Å². The van der Waals surface area contributed by atoms with E-state index in [-0.39, 0.29) is 23.5 Å². The Morgan fingerprint density at radius 1 is 1.07 bits per heavy atom. The number of aryl methyl sites for hydroxylation is 1. The Hall–Kier alpha value is -2.64. The number of carbonyl (C=O) groups excluding carboxylic acids is 1. The average Bonchev–Trinajstić information content (AvgIpc) is 2.72. The first-order chi connectivity index (χ1) is 13.8. The molecule has 1 aromatic heterocycles. The van der Waals surface area contributed by atoms with Crippen molar-refractivity contribution in [1.82, 2.24) is 14.9 Å². The van der Waals surface area contributed by atoms with Gasteiger partial charge in [-0.15, -0.1) is 0 Å². The Kier molecular flexibility index (Phi) is 5.19. The van der Waals surface area contributed by atoms with Crippen LogP contribution in [0.4, 0.5) is 19.0 Å². The minimum Gasteiger partial charge on any atom is -0.356 e. The summed E-state index contributed by atoms with van der Waals surface area (Å²) in [4.78, 5) is 24.4. The van der Waals surface area contributed by atoms with E-state index in [9.17, 15) is 18.0 Å². The molecule has 2 aromatic rings. The molecular weight excluding hydrogens is 381 g/mol. The van der Waals surface area contributed by atoms with Gasteiger partial charge >= 0.3 is 6.18 Å². The first-order valence-electron chi connectivity index (χ1n) is 9.84. The SMILES string of the molecule is Cc1nc(N2CCC(C(=O)N3CCc4ccccc4C3)CC2)cc(C(F)(F)F)n1. The van der Waals surface area contributed by atoms with Gasteiger partial charge in [-0.2, -0.15) is 13.2 Å². The van der Waals surface area contributed by atoms with Gasteiger partial charge in [0.15, 0.2) is 0 Å². The highest BCUT2D eigenvalue weighted by molar-refractivity contribution is 5.79. The van der Waals surface area contributed by atoms with Gasteiger partial charge in [-0.05, 0) is 37.3 Å². The third kappa shape index (κ3) is 4.21. The first-order valence-corrected chi connectivity index (χ1v) is 9.84. The molecule has 2 aliphatic heterocycles. The van der Waals surface area contributed by atoms with E-state index in [4.69, 9.17) is 0 Å². The van der Waals surface area contributed by atoms with Crippen molar-refractivity contribution in [3.8, 4) is 0 Å². The number of amides is 1. The van der Waals surface area contributed by atoms with Crippen LogP contribution in [0, 0.1) is 12.8 Å². The number of hydrogen-bond donors (Lipinski definition) is 0. The highest BCUT2D eigenvalue weighted by Gasteiger charge is 2.35. The number of aromatic nitrogens is 2. The Morgan fingerprint density at radius 2 is 1.76 bits per heavy atom. The van der Waals surface area contributed by atoms with Gasteiger partial charge in [-0.25, -0.2) is 9.97 Å². The predicted octanol–water partition coefficient (Wildman–Crippen LogP) is 3.61. The number of piperidine rings is 1. The zero-order valence-electron chi connectivity index (χ0n) is 16.2. The van der Waals surface area contributed by atoms with Crippen molar-refractivity contribution in [2.45, 2.75) is 38.9 Å². The van der Waals surface area contributed by atoms with E-state index in [0.29, 0.717) is 32.5 Å². The van der Waals surface area contributed by atoms with Crippen molar-refractivity contribution < 1.29 is 18.0 Å². The highest BCUT2D eigenvalue weighted by atomic mass is 19.4. The number of carbonyl (C=O) groups is 1. The number of benzene rings is 1. The fraction of sp³-hybridized carbons (Fsp3) is 0.476. The van der Waals surface area contributed by atoms with Crippen LogP contribution < -0.4 is 4.90 Å². The number of hydrogen-bond acceptors (Lipinski definition) is 4. The second-order valence-electron chi connectivity index (χ2n) is 7.70. The monoisotopic (exact) mass is 404 g/mol. The van der Waals surface area contributed by atoms with Gasteiger partial charge in [-0.3, -0.25) is 4.79 Å². The van der Waals surface area contributed by atoms with Crippen molar-refractivity contribution in [3.63, 3.8) is 0 Å². The molecule has 1 aromatic carbocycles. The molecule has 3 heterocycles. The van der Waals surface area contributed by atoms with E-state index in [2.05, 4.69) is 22.1 Å². The van der Waals surface area contributed by atoms with E-state index in [1.165, 1.54) is 18.1 Å². The van der Waals surface area contributed by atoms with Crippen molar-refractivity contribution in [2.24, 2.45) is 5.92 Å². The van der Waals surface area contributed by atoms with E-state index in [1.54, 1.807) is 0 Å². The Morgan fingerprint density at radius 3 is 2.45 bits per heavy atom. The molecule has 0 atom stereocenters. The van der Waals surface area contributed by atoms with E-state index in [0.717, 1.165) is 19.0 Å². The van der Waals surface area contributed by atoms with Gasteiger partial charge in [-0.1, -0.05) is 24.3 Å². The van der Waals surface area contributed by atoms with Crippen LogP contribution in [0.2, 0.25) is 0 Å². The lowest BCUT2D eigenvalue weighted by Crippen LogP contribution is -2.44. The predicted molar refractivity (Wildman–Crippen MR) is 102 cm³/mol. The number of rotatable bonds is 2. The number of nitrogens with zero attached hydrogens (tertiary/aromatic N) is 4. The topological polar surface area (TPSA) is 49.3 Å². The molecule has 29 heavy (non-hydrogen) atoms. The zero-order valence-corrected chi connectivity index (χ0v) is 16.2. The first kappa shape index (κ1) is 19.7. The quantitative estimate of drug-likeness (QED) is 0.768. The highest BCUT2D eigenvalue weighted by Crippen LogP contribution is 2.31. The van der Waals surface area contributed by atoms with E-state index >= 15 is 0 Å². The smallest absolute Gasteiger partial charge is 0.356 e. The van der Waals surface area contributed by atoms with Crippen molar-refractivity contribution in [3.05, 3.63) is 53.0 Å². The molecule has 0 bridgehead atoms. The number of fused-ring (bicyclic) bond motifs is 1. The molecule has 0 spiro atoms. The maximum Gasteiger partial charge on any atom is 0.433 e. The largest absolute Gasteiger partial charge is 0.433 e. The van der Waals surface area contributed by atoms with Crippen LogP contribution in [0.15, 0.2) is 30.3 Å². The summed E-state index contributed by atoms with van der Waals surface area (Å²) in [6.07, 6.45) is -2.41. The van der Waals surface area contributed by atoms with Gasteiger partial charge in [0, 0.05) is 38.2 Å². The van der Waals surface area contributed by atoms with E-state index in [1.807, 2.05) is 21.9 Å². The average molecular weight is 404 g/mol. The summed E-state index contributed by atoms with van der Waals surface area (Å²) in [6, 6.07) is 9.17. The second kappa shape index (κ2) is 7.65. The number of halogens is 3. The Bertz CT molecular complexity index is 907. The van der Waals surface area contributed by atoms with Crippen molar-refractivity contribution in [1.29, 1.82) is 0 Å². The summed E-state index contributed by atoms with van der Waals surface area (Å²) in [5.74, 6) is 0.429. The minimum atomic E-state index is -4.50. The third-order valence-electron chi connectivity index (χ3n) is 5.73. The minimum absolute atomic E-state index is 0.0958. The van der Waals surface area contributed by atoms with Crippen LogP contribution in [0.3, 0.4) is 0 Å². The second-order valence-corrected chi connectivity index (χ2v) is 7.70. The normalized spacial score (nSPS) is 17.9. The molecule has 5 nitrogen and oxygen atoms in total. The maximum atomic E-state index is 13.0. The summed E-state index contributed by atoms with van der Waals surface area (Å²) in [7, 11) is 0. The van der Waals surface area contributed by atoms with Gasteiger partial charge in [0.05, 0.1) is 0 Å². The molecule has 0 N–H and O–H groups in total. The van der Waals surface area contributed by atoms with Gasteiger partial charge < -0.3 is 9.80 Å². The lowest BCUT2D eigenvalue weighted by Gasteiger charge is -2.36. The molecule has 1 saturated heterocycles. The number of alkyl halides is 3. The molecule has 0 radical (unpaired) electrons. The fourth-order valence-corrected chi connectivity index (χ4v) is 4.16. The third-order valence-corrected chi connectivity index (χ3v) is 5.73. The molecule has 0 aliphatic carbocycles. The van der Waals surface area contributed by atoms with E-state index < -0.39 is 11.9 Å². The molecule has 0 unspecified atom stereocenters. The van der Waals surface area contributed by atoms with Crippen LogP contribution in [0.25, 0.3) is 0 Å². The summed E-state index contributed by atoms with van der Waals surface area (Å²) < 4.78 is 39.1. The lowest BCUT2D eigenvalue weighted by atomic mass is 9.93. The molecule has 8 heteroatoms. The molecule has 1 fully saturated rings. The molecule has 154 valence electrons. The lowest BCUT2D eigenvalue weighted by molar-refractivity contribution is -0.141. The van der Waals surface area contributed by atoms with Crippen LogP contribution in [0.5, 0.6) is 0 Å². The molecule has 2 aliphatic rings. The Balaban J connectivity index is 1.40. The summed E-state index contributed by atoms with van der Waals surface area (Å²) in [6.45, 7) is 3.83. The van der Waals surface area contributed by atoms with Crippen molar-refractivity contribution in [2.75, 3.05) is 24.5 Å². The molecular formula is C21H23F3N4O. The standard InChI is InChI=1S/C21H23F3N4O/c1-14-25-18(21(22,23)24)12-19(26-14)27-9-7-16(8-10-27)20(29)28-11-6-15-4-2-3-5-17(15)13-28/h2-5,12,16H,6-11,13H2,1H3.